The topological polar surface area (TPSA) is 45.0 Å². The van der Waals surface area contributed by atoms with Gasteiger partial charge in [-0.1, -0.05) is 29.8 Å². The summed E-state index contributed by atoms with van der Waals surface area (Å²) in [6.45, 7) is 5.72. The lowest BCUT2D eigenvalue weighted by molar-refractivity contribution is 0.250. The first-order chi connectivity index (χ1) is 10.7. The minimum absolute atomic E-state index is 0.299. The molecule has 0 bridgehead atoms. The van der Waals surface area contributed by atoms with Gasteiger partial charge in [-0.05, 0) is 37.1 Å². The van der Waals surface area contributed by atoms with Crippen LogP contribution in [0.25, 0.3) is 0 Å². The lowest BCUT2D eigenvalue weighted by atomic mass is 9.95. The van der Waals surface area contributed by atoms with Crippen molar-refractivity contribution in [2.24, 2.45) is 0 Å². The average Bonchev–Trinajstić information content (AvgIpc) is 2.53. The van der Waals surface area contributed by atoms with Gasteiger partial charge in [0.15, 0.2) is 0 Å². The standard InChI is InChI=1S/C19H20N2O/c1-13-8-14(2)19-17(9-13)18(6-7-22-19)21-12-16-5-3-4-15(10-16)11-20/h3-5,8-10,18,21H,6-7,12H2,1-2H3. The number of benzene rings is 2. The zero-order chi connectivity index (χ0) is 15.5. The normalized spacial score (nSPS) is 16.5. The van der Waals surface area contributed by atoms with Gasteiger partial charge >= 0.3 is 0 Å². The van der Waals surface area contributed by atoms with Crippen LogP contribution in [0.5, 0.6) is 5.75 Å². The molecule has 3 rings (SSSR count). The first-order valence-electron chi connectivity index (χ1n) is 7.64. The van der Waals surface area contributed by atoms with E-state index in [4.69, 9.17) is 10.00 Å². The van der Waals surface area contributed by atoms with Gasteiger partial charge in [0.05, 0.1) is 18.2 Å². The monoisotopic (exact) mass is 292 g/mol. The van der Waals surface area contributed by atoms with Crippen LogP contribution in [-0.2, 0) is 6.54 Å². The molecule has 0 aromatic heterocycles. The Balaban J connectivity index is 1.79. The predicted octanol–water partition coefficient (Wildman–Crippen LogP) is 3.79. The van der Waals surface area contributed by atoms with Crippen molar-refractivity contribution < 1.29 is 4.74 Å². The molecule has 0 aliphatic carbocycles. The molecule has 2 aromatic rings. The van der Waals surface area contributed by atoms with Gasteiger partial charge in [0.1, 0.15) is 5.75 Å². The Labute approximate surface area is 131 Å². The number of nitriles is 1. The van der Waals surface area contributed by atoms with Crippen LogP contribution in [0.3, 0.4) is 0 Å². The fourth-order valence-corrected chi connectivity index (χ4v) is 3.08. The van der Waals surface area contributed by atoms with Gasteiger partial charge in [0.2, 0.25) is 0 Å². The van der Waals surface area contributed by atoms with Gasteiger partial charge in [-0.15, -0.1) is 0 Å². The van der Waals surface area contributed by atoms with Crippen molar-refractivity contribution in [3.05, 3.63) is 64.2 Å². The molecule has 1 atom stereocenters. The van der Waals surface area contributed by atoms with Crippen LogP contribution in [0.4, 0.5) is 0 Å². The lowest BCUT2D eigenvalue weighted by Crippen LogP contribution is -2.27. The maximum Gasteiger partial charge on any atom is 0.126 e. The van der Waals surface area contributed by atoms with Crippen molar-refractivity contribution >= 4 is 0 Å². The first-order valence-corrected chi connectivity index (χ1v) is 7.64. The number of fused-ring (bicyclic) bond motifs is 1. The minimum Gasteiger partial charge on any atom is -0.493 e. The maximum atomic E-state index is 8.98. The highest BCUT2D eigenvalue weighted by Gasteiger charge is 2.22. The van der Waals surface area contributed by atoms with E-state index in [1.54, 1.807) is 0 Å². The summed E-state index contributed by atoms with van der Waals surface area (Å²) in [4.78, 5) is 0. The molecule has 3 heteroatoms. The molecule has 1 aliphatic rings. The largest absolute Gasteiger partial charge is 0.493 e. The van der Waals surface area contributed by atoms with Gasteiger partial charge in [0.25, 0.3) is 0 Å². The molecule has 2 aromatic carbocycles. The summed E-state index contributed by atoms with van der Waals surface area (Å²) in [5.41, 5.74) is 5.56. The van der Waals surface area contributed by atoms with E-state index in [0.717, 1.165) is 30.9 Å². The van der Waals surface area contributed by atoms with E-state index in [2.05, 4.69) is 43.4 Å². The van der Waals surface area contributed by atoms with E-state index in [9.17, 15) is 0 Å². The fraction of sp³-hybridized carbons (Fsp3) is 0.316. The Kier molecular flexibility index (Phi) is 4.13. The smallest absolute Gasteiger partial charge is 0.126 e. The third-order valence-corrected chi connectivity index (χ3v) is 4.08. The van der Waals surface area contributed by atoms with Crippen molar-refractivity contribution in [3.8, 4) is 11.8 Å². The van der Waals surface area contributed by atoms with Gasteiger partial charge in [-0.2, -0.15) is 5.26 Å². The van der Waals surface area contributed by atoms with Crippen molar-refractivity contribution in [3.63, 3.8) is 0 Å². The third kappa shape index (κ3) is 2.98. The van der Waals surface area contributed by atoms with Crippen molar-refractivity contribution in [1.82, 2.24) is 5.32 Å². The zero-order valence-corrected chi connectivity index (χ0v) is 13.0. The molecule has 0 fully saturated rings. The molecule has 0 saturated carbocycles. The number of nitrogens with one attached hydrogen (secondary N) is 1. The number of nitrogens with zero attached hydrogens (tertiary/aromatic N) is 1. The number of aryl methyl sites for hydroxylation is 2. The molecule has 1 heterocycles. The summed E-state index contributed by atoms with van der Waals surface area (Å²) < 4.78 is 5.84. The lowest BCUT2D eigenvalue weighted by Gasteiger charge is -2.28. The van der Waals surface area contributed by atoms with Crippen LogP contribution >= 0.6 is 0 Å². The molecule has 22 heavy (non-hydrogen) atoms. The molecule has 0 radical (unpaired) electrons. The van der Waals surface area contributed by atoms with Crippen LogP contribution in [0.1, 0.15) is 40.3 Å². The molecule has 1 unspecified atom stereocenters. The summed E-state index contributed by atoms with van der Waals surface area (Å²) in [6.07, 6.45) is 0.966. The Hall–Kier alpha value is -2.31. The highest BCUT2D eigenvalue weighted by molar-refractivity contribution is 5.46. The summed E-state index contributed by atoms with van der Waals surface area (Å²) in [7, 11) is 0. The third-order valence-electron chi connectivity index (χ3n) is 4.08. The number of rotatable bonds is 3. The van der Waals surface area contributed by atoms with Crippen molar-refractivity contribution in [2.45, 2.75) is 32.9 Å². The van der Waals surface area contributed by atoms with Crippen LogP contribution in [0.15, 0.2) is 36.4 Å². The summed E-state index contributed by atoms with van der Waals surface area (Å²) in [5, 5.41) is 12.6. The molecule has 0 spiro atoms. The van der Waals surface area contributed by atoms with Crippen LogP contribution in [0.2, 0.25) is 0 Å². The van der Waals surface area contributed by atoms with Crippen LogP contribution in [-0.4, -0.2) is 6.61 Å². The van der Waals surface area contributed by atoms with E-state index in [-0.39, 0.29) is 0 Å². The summed E-state index contributed by atoms with van der Waals surface area (Å²) in [5.74, 6) is 1.03. The van der Waals surface area contributed by atoms with Gasteiger partial charge in [-0.3, -0.25) is 0 Å². The van der Waals surface area contributed by atoms with Gasteiger partial charge in [0, 0.05) is 24.6 Å². The Bertz CT molecular complexity index is 731. The fourth-order valence-electron chi connectivity index (χ4n) is 3.08. The Morgan fingerprint density at radius 2 is 2.14 bits per heavy atom. The summed E-state index contributed by atoms with van der Waals surface area (Å²) in [6, 6.07) is 14.6. The molecule has 0 amide bonds. The molecule has 3 nitrogen and oxygen atoms in total. The molecular formula is C19H20N2O. The highest BCUT2D eigenvalue weighted by Crippen LogP contribution is 2.35. The second kappa shape index (κ2) is 6.21. The Morgan fingerprint density at radius 1 is 1.27 bits per heavy atom. The van der Waals surface area contributed by atoms with E-state index in [1.165, 1.54) is 16.7 Å². The zero-order valence-electron chi connectivity index (χ0n) is 13.0. The SMILES string of the molecule is Cc1cc(C)c2c(c1)C(NCc1cccc(C#N)c1)CCO2. The predicted molar refractivity (Wildman–Crippen MR) is 86.8 cm³/mol. The van der Waals surface area contributed by atoms with E-state index >= 15 is 0 Å². The molecule has 1 N–H and O–H groups in total. The quantitative estimate of drug-likeness (QED) is 0.936. The average molecular weight is 292 g/mol. The first kappa shape index (κ1) is 14.6. The van der Waals surface area contributed by atoms with Gasteiger partial charge < -0.3 is 10.1 Å². The van der Waals surface area contributed by atoms with E-state index < -0.39 is 0 Å². The highest BCUT2D eigenvalue weighted by atomic mass is 16.5. The molecule has 0 saturated heterocycles. The van der Waals surface area contributed by atoms with Crippen LogP contribution in [0, 0.1) is 25.2 Å². The number of ether oxygens (including phenoxy) is 1. The summed E-state index contributed by atoms with van der Waals surface area (Å²) >= 11 is 0. The second-order valence-electron chi connectivity index (χ2n) is 5.88. The van der Waals surface area contributed by atoms with Crippen molar-refractivity contribution in [1.29, 1.82) is 5.26 Å². The molecule has 112 valence electrons. The molecule has 1 aliphatic heterocycles. The van der Waals surface area contributed by atoms with Gasteiger partial charge in [-0.25, -0.2) is 0 Å². The number of hydrogen-bond acceptors (Lipinski definition) is 3. The second-order valence-corrected chi connectivity index (χ2v) is 5.88. The maximum absolute atomic E-state index is 8.98. The minimum atomic E-state index is 0.299. The van der Waals surface area contributed by atoms with Crippen LogP contribution < -0.4 is 10.1 Å². The van der Waals surface area contributed by atoms with E-state index in [1.807, 2.05) is 18.2 Å². The van der Waals surface area contributed by atoms with Crippen molar-refractivity contribution in [2.75, 3.05) is 6.61 Å². The Morgan fingerprint density at radius 3 is 2.95 bits per heavy atom. The number of hydrogen-bond donors (Lipinski definition) is 1. The van der Waals surface area contributed by atoms with E-state index in [0.29, 0.717) is 11.6 Å². The molecular weight excluding hydrogens is 272 g/mol.